The molecule has 0 aromatic rings. The Bertz CT molecular complexity index is 107. The predicted molar refractivity (Wildman–Crippen MR) is 30.8 cm³/mol. The minimum Gasteiger partial charge on any atom is -0.480 e. The highest BCUT2D eigenvalue weighted by molar-refractivity contribution is 5.73. The second kappa shape index (κ2) is 3.40. The monoisotopic (exact) mass is 135 g/mol. The van der Waals surface area contributed by atoms with Crippen LogP contribution in [-0.4, -0.2) is 23.8 Å². The molecule has 2 atom stereocenters. The number of rotatable bonds is 3. The molecule has 4 heteroatoms. The molecule has 0 rings (SSSR count). The molecule has 0 radical (unpaired) electrons. The zero-order chi connectivity index (χ0) is 7.44. The quantitative estimate of drug-likeness (QED) is 0.572. The summed E-state index contributed by atoms with van der Waals surface area (Å²) in [5, 5.41) is 8.19. The Morgan fingerprint density at radius 3 is 2.44 bits per heavy atom. The van der Waals surface area contributed by atoms with Gasteiger partial charge in [0.1, 0.15) is 6.04 Å². The maximum Gasteiger partial charge on any atom is 0.320 e. The largest absolute Gasteiger partial charge is 0.480 e. The lowest BCUT2D eigenvalue weighted by Gasteiger charge is -2.10. The standard InChI is InChI=1S/C5H10FNO2/c1-3(2-6)4(7)5(8)9/h3-4H,2,7H2,1H3,(H,8,9)/t3?,4-/m1/s1. The molecule has 0 aromatic heterocycles. The van der Waals surface area contributed by atoms with Gasteiger partial charge in [0.2, 0.25) is 0 Å². The van der Waals surface area contributed by atoms with E-state index in [1.165, 1.54) is 6.92 Å². The van der Waals surface area contributed by atoms with Gasteiger partial charge in [-0.15, -0.1) is 0 Å². The fraction of sp³-hybridized carbons (Fsp3) is 0.800. The van der Waals surface area contributed by atoms with Crippen LogP contribution in [0, 0.1) is 5.92 Å². The maximum absolute atomic E-state index is 11.7. The molecule has 1 unspecified atom stereocenters. The van der Waals surface area contributed by atoms with E-state index in [9.17, 15) is 9.18 Å². The topological polar surface area (TPSA) is 63.3 Å². The van der Waals surface area contributed by atoms with Crippen molar-refractivity contribution in [3.63, 3.8) is 0 Å². The Balaban J connectivity index is 3.72. The van der Waals surface area contributed by atoms with Crippen molar-refractivity contribution >= 4 is 5.97 Å². The summed E-state index contributed by atoms with van der Waals surface area (Å²) in [5.41, 5.74) is 5.03. The van der Waals surface area contributed by atoms with E-state index in [4.69, 9.17) is 10.8 Å². The summed E-state index contributed by atoms with van der Waals surface area (Å²) in [6.45, 7) is 0.770. The van der Waals surface area contributed by atoms with Crippen molar-refractivity contribution in [3.05, 3.63) is 0 Å². The molecule has 54 valence electrons. The molecule has 3 N–H and O–H groups in total. The van der Waals surface area contributed by atoms with Crippen LogP contribution in [0.4, 0.5) is 4.39 Å². The molecule has 0 heterocycles. The third-order valence-electron chi connectivity index (χ3n) is 1.14. The SMILES string of the molecule is CC(CF)[C@@H](N)C(=O)O. The van der Waals surface area contributed by atoms with E-state index in [0.29, 0.717) is 0 Å². The van der Waals surface area contributed by atoms with Gasteiger partial charge in [-0.2, -0.15) is 0 Å². The molecule has 9 heavy (non-hydrogen) atoms. The molecule has 3 nitrogen and oxygen atoms in total. The summed E-state index contributed by atoms with van der Waals surface area (Å²) in [6, 6.07) is -1.07. The van der Waals surface area contributed by atoms with E-state index < -0.39 is 24.6 Å². The van der Waals surface area contributed by atoms with E-state index in [1.807, 2.05) is 0 Å². The van der Waals surface area contributed by atoms with Gasteiger partial charge < -0.3 is 10.8 Å². The third-order valence-corrected chi connectivity index (χ3v) is 1.14. The fourth-order valence-electron chi connectivity index (χ4n) is 0.339. The molecule has 0 saturated carbocycles. The van der Waals surface area contributed by atoms with Crippen LogP contribution in [0.1, 0.15) is 6.92 Å². The van der Waals surface area contributed by atoms with Crippen molar-refractivity contribution in [2.75, 3.05) is 6.67 Å². The van der Waals surface area contributed by atoms with Gasteiger partial charge in [-0.05, 0) is 0 Å². The molecular formula is C5H10FNO2. The smallest absolute Gasteiger partial charge is 0.320 e. The van der Waals surface area contributed by atoms with E-state index >= 15 is 0 Å². The molecule has 0 aliphatic rings. The van der Waals surface area contributed by atoms with Gasteiger partial charge in [-0.25, -0.2) is 0 Å². The normalized spacial score (nSPS) is 16.8. The first-order valence-corrected chi connectivity index (χ1v) is 2.64. The van der Waals surface area contributed by atoms with E-state index in [1.54, 1.807) is 0 Å². The van der Waals surface area contributed by atoms with Crippen molar-refractivity contribution in [3.8, 4) is 0 Å². The predicted octanol–water partition coefficient (Wildman–Crippen LogP) is 0.00390. The van der Waals surface area contributed by atoms with E-state index in [2.05, 4.69) is 0 Å². The second-order valence-electron chi connectivity index (χ2n) is 2.00. The van der Waals surface area contributed by atoms with Crippen LogP contribution in [0.15, 0.2) is 0 Å². The number of carbonyl (C=O) groups is 1. The molecule has 0 bridgehead atoms. The number of hydrogen-bond donors (Lipinski definition) is 2. The molecule has 0 amide bonds. The minimum absolute atomic E-state index is 0.595. The van der Waals surface area contributed by atoms with Crippen LogP contribution in [0.5, 0.6) is 0 Å². The van der Waals surface area contributed by atoms with Crippen molar-refractivity contribution in [2.45, 2.75) is 13.0 Å². The molecule has 0 aliphatic carbocycles. The summed E-state index contributed by atoms with van der Waals surface area (Å²) < 4.78 is 11.7. The summed E-state index contributed by atoms with van der Waals surface area (Å²) in [5.74, 6) is -1.75. The van der Waals surface area contributed by atoms with Crippen LogP contribution < -0.4 is 5.73 Å². The average Bonchev–Trinajstić information content (AvgIpc) is 1.84. The third kappa shape index (κ3) is 2.41. The Morgan fingerprint density at radius 1 is 1.89 bits per heavy atom. The van der Waals surface area contributed by atoms with Gasteiger partial charge in [-0.3, -0.25) is 9.18 Å². The minimum atomic E-state index is -1.15. The van der Waals surface area contributed by atoms with Crippen molar-refractivity contribution in [1.82, 2.24) is 0 Å². The number of halogens is 1. The van der Waals surface area contributed by atoms with Crippen LogP contribution in [-0.2, 0) is 4.79 Å². The first-order valence-electron chi connectivity index (χ1n) is 2.64. The Kier molecular flexibility index (Phi) is 3.16. The number of nitrogens with two attached hydrogens (primary N) is 1. The summed E-state index contributed by atoms with van der Waals surface area (Å²) in [4.78, 5) is 10.0. The number of carboxylic acids is 1. The summed E-state index contributed by atoms with van der Waals surface area (Å²) >= 11 is 0. The summed E-state index contributed by atoms with van der Waals surface area (Å²) in [6.07, 6.45) is 0. The number of alkyl halides is 1. The van der Waals surface area contributed by atoms with Crippen molar-refractivity contribution in [2.24, 2.45) is 11.7 Å². The lowest BCUT2D eigenvalue weighted by Crippen LogP contribution is -2.37. The number of aliphatic carboxylic acids is 1. The van der Waals surface area contributed by atoms with E-state index in [0.717, 1.165) is 0 Å². The number of hydrogen-bond acceptors (Lipinski definition) is 2. The molecule has 0 aromatic carbocycles. The van der Waals surface area contributed by atoms with Crippen molar-refractivity contribution < 1.29 is 14.3 Å². The lowest BCUT2D eigenvalue weighted by molar-refractivity contribution is -0.139. The lowest BCUT2D eigenvalue weighted by atomic mass is 10.1. The average molecular weight is 135 g/mol. The Hall–Kier alpha value is -0.640. The van der Waals surface area contributed by atoms with Gasteiger partial charge in [0.25, 0.3) is 0 Å². The molecule has 0 spiro atoms. The van der Waals surface area contributed by atoms with Crippen LogP contribution >= 0.6 is 0 Å². The van der Waals surface area contributed by atoms with Crippen molar-refractivity contribution in [1.29, 1.82) is 0 Å². The fourth-order valence-corrected chi connectivity index (χ4v) is 0.339. The molecule has 0 saturated heterocycles. The highest BCUT2D eigenvalue weighted by Crippen LogP contribution is 2.00. The molecule has 0 fully saturated rings. The number of carboxylic acid groups (broad SMARTS) is 1. The van der Waals surface area contributed by atoms with Crippen LogP contribution in [0.3, 0.4) is 0 Å². The van der Waals surface area contributed by atoms with Crippen LogP contribution in [0.25, 0.3) is 0 Å². The van der Waals surface area contributed by atoms with Gasteiger partial charge in [0, 0.05) is 5.92 Å². The first-order chi connectivity index (χ1) is 4.09. The highest BCUT2D eigenvalue weighted by atomic mass is 19.1. The van der Waals surface area contributed by atoms with Gasteiger partial charge in [0.15, 0.2) is 0 Å². The van der Waals surface area contributed by atoms with Gasteiger partial charge >= 0.3 is 5.97 Å². The maximum atomic E-state index is 11.7. The van der Waals surface area contributed by atoms with E-state index in [-0.39, 0.29) is 0 Å². The highest BCUT2D eigenvalue weighted by Gasteiger charge is 2.18. The Labute approximate surface area is 52.7 Å². The zero-order valence-corrected chi connectivity index (χ0v) is 5.17. The Morgan fingerprint density at radius 2 is 2.33 bits per heavy atom. The first kappa shape index (κ1) is 8.36. The van der Waals surface area contributed by atoms with Gasteiger partial charge in [-0.1, -0.05) is 6.92 Å². The molecular weight excluding hydrogens is 125 g/mol. The zero-order valence-electron chi connectivity index (χ0n) is 5.17. The summed E-state index contributed by atoms with van der Waals surface area (Å²) in [7, 11) is 0. The molecule has 0 aliphatic heterocycles. The van der Waals surface area contributed by atoms with Gasteiger partial charge in [0.05, 0.1) is 6.67 Å². The second-order valence-corrected chi connectivity index (χ2v) is 2.00. The van der Waals surface area contributed by atoms with Crippen LogP contribution in [0.2, 0.25) is 0 Å².